The average molecular weight is 505 g/mol. The molecule has 1 amide bonds. The van der Waals surface area contributed by atoms with E-state index in [4.69, 9.17) is 28.2 Å². The summed E-state index contributed by atoms with van der Waals surface area (Å²) in [5, 5.41) is 16.0. The third-order valence-corrected chi connectivity index (χ3v) is 7.29. The number of aliphatic carboxylic acids is 1. The molecule has 0 spiro atoms. The molecular weight excluding hydrogens is 475 g/mol. The van der Waals surface area contributed by atoms with Crippen LogP contribution in [0.5, 0.6) is 0 Å². The Kier molecular flexibility index (Phi) is 8.29. The van der Waals surface area contributed by atoms with Crippen LogP contribution in [-0.4, -0.2) is 59.1 Å². The Hall–Kier alpha value is -2.35. The van der Waals surface area contributed by atoms with E-state index in [2.05, 4.69) is 27.7 Å². The van der Waals surface area contributed by atoms with Gasteiger partial charge in [-0.1, -0.05) is 35.3 Å². The SMILES string of the molecule is O=C(N[C@@H](CCN1CC[C@H](CCc2ccc3c(n2)NCCC3)C1)C(=O)O)c1c(Cl)cccc1Cl. The predicted octanol–water partition coefficient (Wildman–Crippen LogP) is 4.27. The number of aromatic nitrogens is 1. The van der Waals surface area contributed by atoms with Crippen molar-refractivity contribution in [2.24, 2.45) is 5.92 Å². The lowest BCUT2D eigenvalue weighted by Gasteiger charge is -2.20. The highest BCUT2D eigenvalue weighted by Crippen LogP contribution is 2.26. The second-order valence-electron chi connectivity index (χ2n) is 9.08. The van der Waals surface area contributed by atoms with Crippen LogP contribution in [0.1, 0.15) is 47.3 Å². The Labute approximate surface area is 209 Å². The molecule has 0 saturated carbocycles. The van der Waals surface area contributed by atoms with E-state index in [9.17, 15) is 14.7 Å². The topological polar surface area (TPSA) is 94.6 Å². The van der Waals surface area contributed by atoms with Crippen molar-refractivity contribution in [2.75, 3.05) is 31.5 Å². The lowest BCUT2D eigenvalue weighted by atomic mass is 10.00. The van der Waals surface area contributed by atoms with Gasteiger partial charge in [-0.2, -0.15) is 0 Å². The monoisotopic (exact) mass is 504 g/mol. The number of halogens is 2. The normalized spacial score (nSPS) is 18.7. The van der Waals surface area contributed by atoms with Crippen molar-refractivity contribution in [3.8, 4) is 0 Å². The minimum absolute atomic E-state index is 0.101. The fourth-order valence-corrected chi connectivity index (χ4v) is 5.29. The largest absolute Gasteiger partial charge is 0.480 e. The number of carboxylic acids is 1. The zero-order chi connectivity index (χ0) is 24.1. The third-order valence-electron chi connectivity index (χ3n) is 6.66. The Bertz CT molecular complexity index is 1030. The van der Waals surface area contributed by atoms with Gasteiger partial charge in [0, 0.05) is 25.3 Å². The molecule has 3 heterocycles. The molecule has 9 heteroatoms. The van der Waals surface area contributed by atoms with Crippen LogP contribution in [0.3, 0.4) is 0 Å². The van der Waals surface area contributed by atoms with Crippen molar-refractivity contribution >= 4 is 40.9 Å². The molecule has 2 aliphatic heterocycles. The number of amides is 1. The van der Waals surface area contributed by atoms with E-state index in [1.807, 2.05) is 0 Å². The highest BCUT2D eigenvalue weighted by molar-refractivity contribution is 6.39. The number of hydrogen-bond donors (Lipinski definition) is 3. The van der Waals surface area contributed by atoms with Gasteiger partial charge in [-0.15, -0.1) is 0 Å². The number of aryl methyl sites for hydroxylation is 2. The van der Waals surface area contributed by atoms with E-state index < -0.39 is 17.9 Å². The van der Waals surface area contributed by atoms with Crippen LogP contribution < -0.4 is 10.6 Å². The number of benzene rings is 1. The molecular formula is C25H30Cl2N4O3. The predicted molar refractivity (Wildman–Crippen MR) is 134 cm³/mol. The summed E-state index contributed by atoms with van der Waals surface area (Å²) < 4.78 is 0. The number of nitrogens with zero attached hydrogens (tertiary/aromatic N) is 2. The first-order valence-electron chi connectivity index (χ1n) is 11.8. The van der Waals surface area contributed by atoms with Crippen molar-refractivity contribution in [3.63, 3.8) is 0 Å². The smallest absolute Gasteiger partial charge is 0.326 e. The molecule has 34 heavy (non-hydrogen) atoms. The molecule has 0 aliphatic carbocycles. The van der Waals surface area contributed by atoms with Gasteiger partial charge in [0.25, 0.3) is 5.91 Å². The minimum atomic E-state index is -1.07. The van der Waals surface area contributed by atoms with Crippen molar-refractivity contribution < 1.29 is 14.7 Å². The van der Waals surface area contributed by atoms with Gasteiger partial charge in [-0.25, -0.2) is 9.78 Å². The molecule has 182 valence electrons. The Morgan fingerprint density at radius 1 is 1.24 bits per heavy atom. The van der Waals surface area contributed by atoms with Crippen molar-refractivity contribution in [2.45, 2.75) is 44.6 Å². The average Bonchev–Trinajstić information content (AvgIpc) is 3.28. The molecule has 1 aromatic heterocycles. The molecule has 0 bridgehead atoms. The summed E-state index contributed by atoms with van der Waals surface area (Å²) >= 11 is 12.2. The molecule has 1 saturated heterocycles. The van der Waals surface area contributed by atoms with Gasteiger partial charge in [0.1, 0.15) is 11.9 Å². The summed E-state index contributed by atoms with van der Waals surface area (Å²) in [6, 6.07) is 8.08. The van der Waals surface area contributed by atoms with Gasteiger partial charge in [0.2, 0.25) is 0 Å². The maximum absolute atomic E-state index is 12.6. The van der Waals surface area contributed by atoms with E-state index in [1.165, 1.54) is 5.56 Å². The molecule has 2 aromatic rings. The summed E-state index contributed by atoms with van der Waals surface area (Å²) in [6.07, 6.45) is 5.66. The van der Waals surface area contributed by atoms with Gasteiger partial charge in [0.15, 0.2) is 0 Å². The fourth-order valence-electron chi connectivity index (χ4n) is 4.73. The summed E-state index contributed by atoms with van der Waals surface area (Å²) in [7, 11) is 0. The molecule has 3 N–H and O–H groups in total. The molecule has 0 radical (unpaired) electrons. The molecule has 2 aliphatic rings. The number of fused-ring (bicyclic) bond motifs is 1. The van der Waals surface area contributed by atoms with E-state index in [0.717, 1.165) is 63.3 Å². The lowest BCUT2D eigenvalue weighted by Crippen LogP contribution is -2.43. The number of pyridine rings is 1. The molecule has 7 nitrogen and oxygen atoms in total. The first-order chi connectivity index (χ1) is 16.4. The van der Waals surface area contributed by atoms with Crippen LogP contribution in [0, 0.1) is 5.92 Å². The maximum atomic E-state index is 12.6. The van der Waals surface area contributed by atoms with Gasteiger partial charge in [-0.3, -0.25) is 4.79 Å². The number of anilines is 1. The van der Waals surface area contributed by atoms with E-state index in [1.54, 1.807) is 18.2 Å². The highest BCUT2D eigenvalue weighted by Gasteiger charge is 2.27. The molecule has 1 aromatic carbocycles. The van der Waals surface area contributed by atoms with Crippen LogP contribution in [0.2, 0.25) is 10.0 Å². The van der Waals surface area contributed by atoms with E-state index in [0.29, 0.717) is 18.9 Å². The Morgan fingerprint density at radius 3 is 2.79 bits per heavy atom. The van der Waals surface area contributed by atoms with Crippen LogP contribution in [0.25, 0.3) is 0 Å². The first-order valence-corrected chi connectivity index (χ1v) is 12.6. The molecule has 1 fully saturated rings. The van der Waals surface area contributed by atoms with Crippen molar-refractivity contribution in [3.05, 3.63) is 57.2 Å². The summed E-state index contributed by atoms with van der Waals surface area (Å²) in [6.45, 7) is 3.45. The summed E-state index contributed by atoms with van der Waals surface area (Å²) in [5.41, 5.74) is 2.53. The third kappa shape index (κ3) is 6.20. The summed E-state index contributed by atoms with van der Waals surface area (Å²) in [4.78, 5) is 31.4. The number of carbonyl (C=O) groups is 2. The van der Waals surface area contributed by atoms with Gasteiger partial charge in [0.05, 0.1) is 15.6 Å². The number of rotatable bonds is 9. The number of nitrogens with one attached hydrogen (secondary N) is 2. The van der Waals surface area contributed by atoms with Crippen LogP contribution in [0.15, 0.2) is 30.3 Å². The Morgan fingerprint density at radius 2 is 2.03 bits per heavy atom. The van der Waals surface area contributed by atoms with Gasteiger partial charge >= 0.3 is 5.97 Å². The van der Waals surface area contributed by atoms with Crippen molar-refractivity contribution in [1.82, 2.24) is 15.2 Å². The first kappa shape index (κ1) is 24.8. The number of hydrogen-bond acceptors (Lipinski definition) is 5. The quantitative estimate of drug-likeness (QED) is 0.471. The second kappa shape index (κ2) is 11.4. The fraction of sp³-hybridized carbons (Fsp3) is 0.480. The van der Waals surface area contributed by atoms with Crippen LogP contribution in [0.4, 0.5) is 5.82 Å². The number of carbonyl (C=O) groups excluding carboxylic acids is 1. The second-order valence-corrected chi connectivity index (χ2v) is 9.90. The molecule has 4 rings (SSSR count). The van der Waals surface area contributed by atoms with E-state index >= 15 is 0 Å². The zero-order valence-electron chi connectivity index (χ0n) is 19.0. The number of likely N-dealkylation sites (tertiary alicyclic amines) is 1. The van der Waals surface area contributed by atoms with E-state index in [-0.39, 0.29) is 15.6 Å². The van der Waals surface area contributed by atoms with Crippen LogP contribution in [-0.2, 0) is 17.6 Å². The van der Waals surface area contributed by atoms with Crippen LogP contribution >= 0.6 is 23.2 Å². The Balaban J connectivity index is 1.24. The zero-order valence-corrected chi connectivity index (χ0v) is 20.5. The standard InChI is InChI=1S/C25H30Cl2N4O3/c26-19-4-1-5-20(27)22(19)24(32)30-21(25(33)34)11-14-31-13-10-16(15-31)6-8-18-9-7-17-3-2-12-28-23(17)29-18/h1,4-5,7,9,16,21H,2-3,6,8,10-15H2,(H,28,29)(H,30,32)(H,33,34)/t16-,21-/m0/s1. The maximum Gasteiger partial charge on any atom is 0.326 e. The van der Waals surface area contributed by atoms with Gasteiger partial charge in [-0.05, 0) is 74.8 Å². The molecule has 0 unspecified atom stereocenters. The van der Waals surface area contributed by atoms with Crippen molar-refractivity contribution in [1.29, 1.82) is 0 Å². The number of carboxylic acid groups (broad SMARTS) is 1. The molecule has 2 atom stereocenters. The minimum Gasteiger partial charge on any atom is -0.480 e. The van der Waals surface area contributed by atoms with Gasteiger partial charge < -0.3 is 20.6 Å². The summed E-state index contributed by atoms with van der Waals surface area (Å²) in [5.74, 6) is -0.0454. The highest BCUT2D eigenvalue weighted by atomic mass is 35.5. The lowest BCUT2D eigenvalue weighted by molar-refractivity contribution is -0.139.